The highest BCUT2D eigenvalue weighted by Gasteiger charge is 2.35. The summed E-state index contributed by atoms with van der Waals surface area (Å²) in [6, 6.07) is 18.4. The molecular weight excluding hydrogens is 794 g/mol. The lowest BCUT2D eigenvalue weighted by Crippen LogP contribution is -2.40. The Bertz CT molecular complexity index is 1910. The van der Waals surface area contributed by atoms with Crippen molar-refractivity contribution in [3.63, 3.8) is 0 Å². The number of esters is 1. The predicted molar refractivity (Wildman–Crippen MR) is 183 cm³/mol. The van der Waals surface area contributed by atoms with E-state index in [1.807, 2.05) is 42.5 Å². The fourth-order valence-corrected chi connectivity index (χ4v) is 7.61. The highest BCUT2D eigenvalue weighted by Crippen LogP contribution is 2.37. The van der Waals surface area contributed by atoms with Crippen molar-refractivity contribution in [1.29, 1.82) is 0 Å². The molecule has 0 N–H and O–H groups in total. The van der Waals surface area contributed by atoms with Crippen LogP contribution in [0.25, 0.3) is 6.08 Å². The van der Waals surface area contributed by atoms with Crippen LogP contribution in [0.1, 0.15) is 36.6 Å². The zero-order chi connectivity index (χ0) is 30.7. The second-order valence-corrected chi connectivity index (χ2v) is 12.9. The molecule has 1 aliphatic heterocycles. The van der Waals surface area contributed by atoms with Crippen LogP contribution >= 0.6 is 56.5 Å². The lowest BCUT2D eigenvalue weighted by molar-refractivity contribution is -0.139. The normalized spacial score (nSPS) is 14.7. The van der Waals surface area contributed by atoms with Crippen LogP contribution in [0.4, 0.5) is 0 Å². The van der Waals surface area contributed by atoms with E-state index in [0.717, 1.165) is 24.0 Å². The Labute approximate surface area is 279 Å². The van der Waals surface area contributed by atoms with Gasteiger partial charge in [-0.05, 0) is 113 Å². The van der Waals surface area contributed by atoms with Gasteiger partial charge in [-0.15, -0.1) is 0 Å². The molecule has 1 atom stereocenters. The van der Waals surface area contributed by atoms with Crippen LogP contribution in [0.5, 0.6) is 17.2 Å². The van der Waals surface area contributed by atoms with Crippen LogP contribution in [-0.2, 0) is 16.1 Å². The van der Waals surface area contributed by atoms with E-state index < -0.39 is 12.0 Å². The van der Waals surface area contributed by atoms with Gasteiger partial charge in [0.25, 0.3) is 5.56 Å². The molecule has 0 radical (unpaired) electrons. The molecule has 0 aliphatic carbocycles. The molecule has 0 spiro atoms. The van der Waals surface area contributed by atoms with E-state index in [9.17, 15) is 9.59 Å². The molecule has 4 aromatic rings. The number of halogens is 2. The molecule has 5 rings (SSSR count). The lowest BCUT2D eigenvalue weighted by Gasteiger charge is -2.26. The van der Waals surface area contributed by atoms with Gasteiger partial charge in [-0.1, -0.05) is 29.5 Å². The summed E-state index contributed by atoms with van der Waals surface area (Å²) in [7, 11) is 3.11. The minimum atomic E-state index is -0.797. The van der Waals surface area contributed by atoms with Gasteiger partial charge >= 0.3 is 5.97 Å². The molecule has 0 amide bonds. The number of aromatic nitrogens is 1. The van der Waals surface area contributed by atoms with Crippen molar-refractivity contribution < 1.29 is 23.7 Å². The second-order valence-electron chi connectivity index (χ2n) is 9.52. The van der Waals surface area contributed by atoms with Gasteiger partial charge in [0, 0.05) is 15.2 Å². The minimum Gasteiger partial charge on any atom is -0.497 e. The molecule has 222 valence electrons. The number of rotatable bonds is 9. The monoisotopic (exact) mass is 822 g/mol. The van der Waals surface area contributed by atoms with Crippen molar-refractivity contribution in [3.05, 3.63) is 115 Å². The van der Waals surface area contributed by atoms with E-state index in [1.165, 1.54) is 11.3 Å². The first-order valence-corrected chi connectivity index (χ1v) is 16.3. The molecule has 0 bridgehead atoms. The van der Waals surface area contributed by atoms with Crippen LogP contribution < -0.4 is 29.1 Å². The van der Waals surface area contributed by atoms with E-state index in [4.69, 9.17) is 18.9 Å². The third-order valence-electron chi connectivity index (χ3n) is 6.79. The quantitative estimate of drug-likeness (QED) is 0.162. The number of nitrogens with zero attached hydrogens (tertiary/aromatic N) is 2. The average Bonchev–Trinajstić information content (AvgIpc) is 3.29. The first-order valence-electron chi connectivity index (χ1n) is 13.3. The molecule has 0 unspecified atom stereocenters. The standard InChI is InChI=1S/C32H28I2N2O6S/c1-5-41-31(38)28-18(2)35-32-36(29(28)23-11-10-22(39-3)16-26(23)40-4)30(37)27(43-32)14-19-7-6-8-20(13-19)17-42-25-12-9-21(33)15-24(25)34/h6-16,29H,5,17H2,1-4H3/b27-14-/t29-/m1/s1. The van der Waals surface area contributed by atoms with Crippen molar-refractivity contribution in [1.82, 2.24) is 4.57 Å². The SMILES string of the molecule is CCOC(=O)C1=C(C)N=c2s/c(=C\c3cccc(COc4ccc(I)cc4I)c3)c(=O)n2[C@@H]1c1ccc(OC)cc1OC. The lowest BCUT2D eigenvalue weighted by atomic mass is 9.95. The van der Waals surface area contributed by atoms with E-state index in [2.05, 4.69) is 56.2 Å². The Balaban J connectivity index is 1.57. The van der Waals surface area contributed by atoms with Gasteiger partial charge in [0.2, 0.25) is 0 Å². The first kappa shape index (κ1) is 31.3. The number of carbonyl (C=O) groups excluding carboxylic acids is 1. The third-order valence-corrected chi connectivity index (χ3v) is 9.29. The Kier molecular flexibility index (Phi) is 9.92. The topological polar surface area (TPSA) is 88.4 Å². The predicted octanol–water partition coefficient (Wildman–Crippen LogP) is 5.60. The van der Waals surface area contributed by atoms with Crippen molar-refractivity contribution in [2.45, 2.75) is 26.5 Å². The molecule has 3 aromatic carbocycles. The zero-order valence-corrected chi connectivity index (χ0v) is 29.0. The molecule has 8 nitrogen and oxygen atoms in total. The summed E-state index contributed by atoms with van der Waals surface area (Å²) in [6.07, 6.45) is 1.84. The number of thiazole rings is 1. The van der Waals surface area contributed by atoms with Gasteiger partial charge in [-0.3, -0.25) is 9.36 Å². The van der Waals surface area contributed by atoms with Crippen molar-refractivity contribution in [2.75, 3.05) is 20.8 Å². The maximum atomic E-state index is 14.0. The molecule has 43 heavy (non-hydrogen) atoms. The molecule has 0 saturated carbocycles. The number of methoxy groups -OCH3 is 2. The fourth-order valence-electron chi connectivity index (χ4n) is 4.81. The van der Waals surface area contributed by atoms with Crippen LogP contribution in [-0.4, -0.2) is 31.4 Å². The number of fused-ring (bicyclic) bond motifs is 1. The molecule has 0 fully saturated rings. The van der Waals surface area contributed by atoms with E-state index in [0.29, 0.717) is 38.7 Å². The third kappa shape index (κ3) is 6.68. The highest BCUT2D eigenvalue weighted by molar-refractivity contribution is 14.1. The van der Waals surface area contributed by atoms with Gasteiger partial charge in [0.15, 0.2) is 4.80 Å². The smallest absolute Gasteiger partial charge is 0.338 e. The number of carbonyl (C=O) groups is 1. The summed E-state index contributed by atoms with van der Waals surface area (Å²) in [5.74, 6) is 1.36. The number of ether oxygens (including phenoxy) is 4. The largest absolute Gasteiger partial charge is 0.497 e. The summed E-state index contributed by atoms with van der Waals surface area (Å²) in [6.45, 7) is 4.07. The van der Waals surface area contributed by atoms with Gasteiger partial charge in [0.05, 0.1) is 40.2 Å². The molecular formula is C32H28I2N2O6S. The Hall–Kier alpha value is -3.17. The molecule has 2 heterocycles. The molecule has 11 heteroatoms. The van der Waals surface area contributed by atoms with Gasteiger partial charge in [-0.2, -0.15) is 0 Å². The summed E-state index contributed by atoms with van der Waals surface area (Å²) < 4.78 is 26.8. The van der Waals surface area contributed by atoms with Crippen LogP contribution in [0.15, 0.2) is 81.7 Å². The number of benzene rings is 3. The van der Waals surface area contributed by atoms with E-state index in [-0.39, 0.29) is 17.7 Å². The fraction of sp³-hybridized carbons (Fsp3) is 0.219. The average molecular weight is 822 g/mol. The Morgan fingerprint density at radius 2 is 1.86 bits per heavy atom. The highest BCUT2D eigenvalue weighted by atomic mass is 127. The van der Waals surface area contributed by atoms with Crippen LogP contribution in [0.3, 0.4) is 0 Å². The second kappa shape index (κ2) is 13.6. The van der Waals surface area contributed by atoms with Crippen molar-refractivity contribution >= 4 is 68.6 Å². The summed E-state index contributed by atoms with van der Waals surface area (Å²) in [4.78, 5) is 32.4. The van der Waals surface area contributed by atoms with Crippen LogP contribution in [0, 0.1) is 7.14 Å². The molecule has 1 aromatic heterocycles. The van der Waals surface area contributed by atoms with E-state index in [1.54, 1.807) is 50.8 Å². The molecule has 0 saturated heterocycles. The van der Waals surface area contributed by atoms with Crippen molar-refractivity contribution in [2.24, 2.45) is 4.99 Å². The molecule has 1 aliphatic rings. The number of hydrogen-bond acceptors (Lipinski definition) is 8. The number of hydrogen-bond donors (Lipinski definition) is 0. The van der Waals surface area contributed by atoms with E-state index >= 15 is 0 Å². The van der Waals surface area contributed by atoms with Gasteiger partial charge in [-0.25, -0.2) is 9.79 Å². The van der Waals surface area contributed by atoms with Gasteiger partial charge < -0.3 is 18.9 Å². The Morgan fingerprint density at radius 3 is 2.58 bits per heavy atom. The summed E-state index contributed by atoms with van der Waals surface area (Å²) in [5, 5.41) is 0. The summed E-state index contributed by atoms with van der Waals surface area (Å²) >= 11 is 5.82. The van der Waals surface area contributed by atoms with Crippen LogP contribution in [0.2, 0.25) is 0 Å². The first-order chi connectivity index (χ1) is 20.7. The minimum absolute atomic E-state index is 0.190. The number of allylic oxidation sites excluding steroid dienone is 1. The maximum absolute atomic E-state index is 14.0. The zero-order valence-electron chi connectivity index (χ0n) is 23.9. The van der Waals surface area contributed by atoms with Crippen molar-refractivity contribution in [3.8, 4) is 17.2 Å². The Morgan fingerprint density at radius 1 is 1.05 bits per heavy atom. The van der Waals surface area contributed by atoms with Gasteiger partial charge in [0.1, 0.15) is 29.9 Å². The maximum Gasteiger partial charge on any atom is 0.338 e. The summed E-state index contributed by atoms with van der Waals surface area (Å²) in [5.41, 5.74) is 2.95.